The van der Waals surface area contributed by atoms with E-state index in [-0.39, 0.29) is 35.4 Å². The zero-order valence-electron chi connectivity index (χ0n) is 29.3. The van der Waals surface area contributed by atoms with Crippen LogP contribution in [0.5, 0.6) is 0 Å². The molecule has 5 rings (SSSR count). The van der Waals surface area contributed by atoms with Gasteiger partial charge in [-0.3, -0.25) is 33.8 Å². The van der Waals surface area contributed by atoms with Crippen molar-refractivity contribution in [3.05, 3.63) is 24.3 Å². The highest BCUT2D eigenvalue weighted by atomic mass is 16.2. The molecule has 1 aliphatic heterocycles. The molecule has 0 bridgehead atoms. The van der Waals surface area contributed by atoms with E-state index in [1.165, 1.54) is 18.6 Å². The molecule has 0 aromatic carbocycles. The second kappa shape index (κ2) is 15.8. The van der Waals surface area contributed by atoms with Crippen LogP contribution in [0.25, 0.3) is 0 Å². The van der Waals surface area contributed by atoms with E-state index in [0.717, 1.165) is 64.2 Å². The van der Waals surface area contributed by atoms with Crippen LogP contribution < -0.4 is 21.3 Å². The fraction of sp³-hybridized carbons (Fsp3) is 0.722. The van der Waals surface area contributed by atoms with E-state index < -0.39 is 59.0 Å². The highest BCUT2D eigenvalue weighted by Gasteiger charge is 2.52. The minimum absolute atomic E-state index is 0.0132. The molecule has 4 N–H and O–H groups in total. The van der Waals surface area contributed by atoms with Gasteiger partial charge in [0.15, 0.2) is 0 Å². The van der Waals surface area contributed by atoms with Gasteiger partial charge < -0.3 is 26.2 Å². The smallest absolute Gasteiger partial charge is 0.289 e. The second-order valence-electron chi connectivity index (χ2n) is 15.5. The summed E-state index contributed by atoms with van der Waals surface area (Å²) in [5.41, 5.74) is -0.638. The summed E-state index contributed by atoms with van der Waals surface area (Å²) < 4.78 is 0. The lowest BCUT2D eigenvalue weighted by molar-refractivity contribution is -0.146. The Balaban J connectivity index is 1.36. The average Bonchev–Trinajstić information content (AvgIpc) is 3.65. The third-order valence-electron chi connectivity index (χ3n) is 10.7. The molecule has 1 aromatic rings. The Morgan fingerprint density at radius 2 is 1.63 bits per heavy atom. The fourth-order valence-electron chi connectivity index (χ4n) is 7.87. The lowest BCUT2D eigenvalue weighted by Gasteiger charge is -2.38. The van der Waals surface area contributed by atoms with E-state index in [4.69, 9.17) is 0 Å². The minimum atomic E-state index is -0.994. The van der Waals surface area contributed by atoms with Crippen LogP contribution in [0.4, 0.5) is 0 Å². The Bertz CT molecular complexity index is 1390. The Kier molecular flexibility index (Phi) is 11.7. The summed E-state index contributed by atoms with van der Waals surface area (Å²) >= 11 is 0. The summed E-state index contributed by atoms with van der Waals surface area (Å²) in [7, 11) is 0. The molecule has 0 unspecified atom stereocenters. The maximum absolute atomic E-state index is 14.6. The van der Waals surface area contributed by atoms with Crippen molar-refractivity contribution in [2.75, 3.05) is 6.54 Å². The van der Waals surface area contributed by atoms with Gasteiger partial charge in [-0.15, -0.1) is 0 Å². The van der Waals surface area contributed by atoms with Gasteiger partial charge in [-0.25, -0.2) is 4.98 Å². The second-order valence-corrected chi connectivity index (χ2v) is 15.5. The van der Waals surface area contributed by atoms with Crippen LogP contribution in [-0.2, 0) is 24.0 Å². The predicted molar refractivity (Wildman–Crippen MR) is 181 cm³/mol. The van der Waals surface area contributed by atoms with Crippen LogP contribution in [0.2, 0.25) is 0 Å². The molecular weight excluding hydrogens is 626 g/mol. The first-order valence-corrected chi connectivity index (χ1v) is 18.2. The van der Waals surface area contributed by atoms with Crippen LogP contribution in [0.1, 0.15) is 115 Å². The maximum atomic E-state index is 14.6. The number of carbonyl (C=O) groups is 6. The predicted octanol–water partition coefficient (Wildman–Crippen LogP) is 2.45. The number of fused-ring (bicyclic) bond motifs is 1. The molecule has 268 valence electrons. The Hall–Kier alpha value is -3.90. The molecule has 2 heterocycles. The molecule has 1 saturated heterocycles. The van der Waals surface area contributed by atoms with E-state index in [1.807, 2.05) is 27.7 Å². The van der Waals surface area contributed by atoms with E-state index in [9.17, 15) is 28.8 Å². The summed E-state index contributed by atoms with van der Waals surface area (Å²) in [6, 6.07) is -3.68. The molecule has 13 heteroatoms. The topological polar surface area (TPSA) is 180 Å². The Morgan fingerprint density at radius 3 is 2.27 bits per heavy atom. The SMILES string of the molecule is CCC[C@@H](NC(=O)[C@@H]1[C@@H]2CCC[C@H]2CN1C(=O)[C@H](NC(=O)[C@H](NC(=O)c1cnccn1)C1CCCCC1)C(C)(C)C)C(=O)C(=O)NC1CC1. The number of likely N-dealkylation sites (tertiary alicyclic amines) is 1. The van der Waals surface area contributed by atoms with E-state index in [2.05, 4.69) is 31.2 Å². The largest absolute Gasteiger partial charge is 0.347 e. The van der Waals surface area contributed by atoms with Gasteiger partial charge in [0.2, 0.25) is 23.5 Å². The molecule has 4 aliphatic rings. The molecule has 4 fully saturated rings. The highest BCUT2D eigenvalue weighted by Crippen LogP contribution is 2.43. The lowest BCUT2D eigenvalue weighted by Crippen LogP contribution is -2.62. The lowest BCUT2D eigenvalue weighted by atomic mass is 9.82. The van der Waals surface area contributed by atoms with Gasteiger partial charge in [0, 0.05) is 25.0 Å². The number of ketones is 1. The molecule has 1 aromatic heterocycles. The number of amides is 5. The first-order valence-electron chi connectivity index (χ1n) is 18.2. The van der Waals surface area contributed by atoms with Crippen LogP contribution in [0.3, 0.4) is 0 Å². The first-order chi connectivity index (χ1) is 23.4. The molecular formula is C36H53N7O6. The number of hydrogen-bond donors (Lipinski definition) is 4. The zero-order chi connectivity index (χ0) is 35.3. The van der Waals surface area contributed by atoms with Crippen molar-refractivity contribution in [3.63, 3.8) is 0 Å². The first kappa shape index (κ1) is 36.4. The molecule has 5 amide bonds. The zero-order valence-corrected chi connectivity index (χ0v) is 29.3. The van der Waals surface area contributed by atoms with Gasteiger partial charge in [-0.1, -0.05) is 59.8 Å². The van der Waals surface area contributed by atoms with E-state index in [0.29, 0.717) is 19.4 Å². The molecule has 0 spiro atoms. The van der Waals surface area contributed by atoms with Gasteiger partial charge in [0.05, 0.1) is 12.2 Å². The van der Waals surface area contributed by atoms with Crippen LogP contribution in [0.15, 0.2) is 18.6 Å². The van der Waals surface area contributed by atoms with Crippen molar-refractivity contribution < 1.29 is 28.8 Å². The number of nitrogens with zero attached hydrogens (tertiary/aromatic N) is 3. The summed E-state index contributed by atoms with van der Waals surface area (Å²) in [6.45, 7) is 7.85. The molecule has 0 radical (unpaired) electrons. The number of Topliss-reactive ketones (excluding diaryl/α,β-unsaturated/α-hetero) is 1. The van der Waals surface area contributed by atoms with Crippen molar-refractivity contribution in [1.82, 2.24) is 36.1 Å². The standard InChI is InChI=1S/C36H53N7O6/c1-5-10-25(29(44)34(48)39-23-15-16-23)40-33(47)28-24-14-9-13-22(24)20-43(28)35(49)30(36(2,3)4)42-32(46)27(21-11-7-6-8-12-21)41-31(45)26-19-37-17-18-38-26/h17-19,21-25,27-28,30H,5-16,20H2,1-4H3,(H,39,48)(H,40,47)(H,41,45)(H,42,46)/t22-,24+,25+,27+,28-,30-/m0/s1. The molecule has 6 atom stereocenters. The van der Waals surface area contributed by atoms with Crippen molar-refractivity contribution in [2.24, 2.45) is 23.2 Å². The Morgan fingerprint density at radius 1 is 0.898 bits per heavy atom. The van der Waals surface area contributed by atoms with Crippen LogP contribution in [0, 0.1) is 23.2 Å². The molecule has 49 heavy (non-hydrogen) atoms. The third kappa shape index (κ3) is 8.83. The van der Waals surface area contributed by atoms with E-state index >= 15 is 0 Å². The van der Waals surface area contributed by atoms with Crippen molar-refractivity contribution in [3.8, 4) is 0 Å². The molecule has 13 nitrogen and oxygen atoms in total. The van der Waals surface area contributed by atoms with Crippen LogP contribution >= 0.6 is 0 Å². The normalized spacial score (nSPS) is 24.2. The summed E-state index contributed by atoms with van der Waals surface area (Å²) in [6.07, 6.45) is 13.9. The average molecular weight is 680 g/mol. The van der Waals surface area contributed by atoms with Gasteiger partial charge in [0.25, 0.3) is 11.8 Å². The maximum Gasteiger partial charge on any atom is 0.289 e. The summed E-state index contributed by atoms with van der Waals surface area (Å²) in [4.78, 5) is 91.4. The van der Waals surface area contributed by atoms with Gasteiger partial charge >= 0.3 is 0 Å². The number of rotatable bonds is 13. The van der Waals surface area contributed by atoms with Gasteiger partial charge in [-0.05, 0) is 68.1 Å². The highest BCUT2D eigenvalue weighted by molar-refractivity contribution is 6.38. The fourth-order valence-corrected chi connectivity index (χ4v) is 7.87. The van der Waals surface area contributed by atoms with Gasteiger partial charge in [0.1, 0.15) is 23.8 Å². The van der Waals surface area contributed by atoms with Crippen molar-refractivity contribution in [1.29, 1.82) is 0 Å². The summed E-state index contributed by atoms with van der Waals surface area (Å²) in [5.74, 6) is -3.20. The van der Waals surface area contributed by atoms with Crippen LogP contribution in [-0.4, -0.2) is 86.9 Å². The van der Waals surface area contributed by atoms with E-state index in [1.54, 1.807) is 4.90 Å². The summed E-state index contributed by atoms with van der Waals surface area (Å²) in [5, 5.41) is 11.5. The van der Waals surface area contributed by atoms with Crippen molar-refractivity contribution >= 4 is 35.3 Å². The van der Waals surface area contributed by atoms with Gasteiger partial charge in [-0.2, -0.15) is 0 Å². The number of aromatic nitrogens is 2. The number of hydrogen-bond acceptors (Lipinski definition) is 8. The quantitative estimate of drug-likeness (QED) is 0.230. The molecule has 3 aliphatic carbocycles. The number of nitrogens with one attached hydrogen (secondary N) is 4. The third-order valence-corrected chi connectivity index (χ3v) is 10.7. The number of carbonyl (C=O) groups excluding carboxylic acids is 6. The Labute approximate surface area is 288 Å². The minimum Gasteiger partial charge on any atom is -0.347 e. The monoisotopic (exact) mass is 679 g/mol. The molecule has 3 saturated carbocycles. The van der Waals surface area contributed by atoms with Crippen molar-refractivity contribution in [2.45, 2.75) is 135 Å².